The van der Waals surface area contributed by atoms with Crippen LogP contribution in [0.3, 0.4) is 0 Å². The second kappa shape index (κ2) is 13.7. The summed E-state index contributed by atoms with van der Waals surface area (Å²) < 4.78 is 28.6. The molecule has 2 atom stereocenters. The van der Waals surface area contributed by atoms with Crippen LogP contribution >= 0.6 is 11.9 Å². The van der Waals surface area contributed by atoms with Crippen molar-refractivity contribution in [2.24, 2.45) is 0 Å². The summed E-state index contributed by atoms with van der Waals surface area (Å²) in [7, 11) is 0. The molecular weight excluding hydrogens is 527 g/mol. The van der Waals surface area contributed by atoms with E-state index in [-0.39, 0.29) is 24.0 Å². The molecule has 0 radical (unpaired) electrons. The number of H-pyrrole nitrogens is 1. The lowest BCUT2D eigenvalue weighted by Crippen LogP contribution is -2.59. The molecule has 2 N–H and O–H groups in total. The van der Waals surface area contributed by atoms with Gasteiger partial charge in [-0.25, -0.2) is 9.18 Å². The zero-order chi connectivity index (χ0) is 28.7. The van der Waals surface area contributed by atoms with Crippen LogP contribution in [0.25, 0.3) is 10.9 Å². The fraction of sp³-hybridized carbons (Fsp3) is 0.516. The molecule has 218 valence electrons. The summed E-state index contributed by atoms with van der Waals surface area (Å²) >= 11 is 1.61. The molecule has 4 rings (SSSR count). The van der Waals surface area contributed by atoms with E-state index >= 15 is 0 Å². The third kappa shape index (κ3) is 8.62. The first kappa shape index (κ1) is 30.2. The second-order valence-corrected chi connectivity index (χ2v) is 12.6. The van der Waals surface area contributed by atoms with E-state index in [4.69, 9.17) is 9.47 Å². The molecule has 40 heavy (non-hydrogen) atoms. The molecule has 2 unspecified atom stereocenters. The van der Waals surface area contributed by atoms with E-state index in [1.54, 1.807) is 24.1 Å². The summed E-state index contributed by atoms with van der Waals surface area (Å²) in [5, 5.41) is 0.966. The van der Waals surface area contributed by atoms with E-state index in [0.717, 1.165) is 72.6 Å². The highest BCUT2D eigenvalue weighted by atomic mass is 32.2. The van der Waals surface area contributed by atoms with E-state index < -0.39 is 5.60 Å². The lowest BCUT2D eigenvalue weighted by Gasteiger charge is -2.44. The van der Waals surface area contributed by atoms with Crippen LogP contribution < -0.4 is 9.46 Å². The maximum atomic E-state index is 13.6. The number of aromatic nitrogens is 1. The smallest absolute Gasteiger partial charge is 0.410 e. The van der Waals surface area contributed by atoms with Crippen molar-refractivity contribution in [1.82, 2.24) is 19.5 Å². The highest BCUT2D eigenvalue weighted by molar-refractivity contribution is 7.97. The Morgan fingerprint density at radius 2 is 1.82 bits per heavy atom. The maximum Gasteiger partial charge on any atom is 0.410 e. The molecule has 1 amide bonds. The molecule has 0 aliphatic carbocycles. The number of aryl methyl sites for hydroxylation is 1. The van der Waals surface area contributed by atoms with Crippen LogP contribution in [0.5, 0.6) is 5.75 Å². The fourth-order valence-electron chi connectivity index (χ4n) is 5.21. The Balaban J connectivity index is 1.10. The number of hydrogen-bond acceptors (Lipinski definition) is 6. The Hall–Kier alpha value is -2.75. The van der Waals surface area contributed by atoms with Gasteiger partial charge in [0, 0.05) is 60.3 Å². The number of aromatic amines is 1. The molecule has 2 aromatic carbocycles. The van der Waals surface area contributed by atoms with E-state index in [1.165, 1.54) is 6.07 Å². The van der Waals surface area contributed by atoms with Gasteiger partial charge in [0.15, 0.2) is 0 Å². The average Bonchev–Trinajstić information content (AvgIpc) is 3.27. The van der Waals surface area contributed by atoms with E-state index in [9.17, 15) is 9.18 Å². The number of ether oxygens (including phenoxy) is 2. The van der Waals surface area contributed by atoms with Crippen LogP contribution in [0.1, 0.15) is 53.0 Å². The van der Waals surface area contributed by atoms with Gasteiger partial charge in [-0.2, -0.15) is 0 Å². The number of amides is 1. The molecule has 1 fully saturated rings. The molecule has 7 nitrogen and oxygen atoms in total. The molecule has 1 aliphatic heterocycles. The predicted octanol–water partition coefficient (Wildman–Crippen LogP) is 6.64. The Kier molecular flexibility index (Phi) is 10.4. The number of carbonyl (C=O) groups excluding carboxylic acids is 1. The zero-order valence-electron chi connectivity index (χ0n) is 24.3. The largest absolute Gasteiger partial charge is 0.494 e. The highest BCUT2D eigenvalue weighted by Crippen LogP contribution is 2.23. The number of nitrogens with one attached hydrogen (secondary N) is 2. The second-order valence-electron chi connectivity index (χ2n) is 11.6. The van der Waals surface area contributed by atoms with Crippen molar-refractivity contribution in [3.05, 3.63) is 60.0 Å². The number of benzene rings is 2. The van der Waals surface area contributed by atoms with Crippen LogP contribution in [0.15, 0.2) is 53.6 Å². The Bertz CT molecular complexity index is 1230. The first-order valence-corrected chi connectivity index (χ1v) is 15.0. The summed E-state index contributed by atoms with van der Waals surface area (Å²) in [5.41, 5.74) is 1.64. The average molecular weight is 571 g/mol. The monoisotopic (exact) mass is 570 g/mol. The SMILES string of the molecule is CC1CN(CCCOc2ccc(SNCCCc3c[nH]c4ccc(F)cc34)cc2)CC(C)N1C(=O)OC(C)(C)C. The van der Waals surface area contributed by atoms with Gasteiger partial charge in [0.05, 0.1) is 6.61 Å². The summed E-state index contributed by atoms with van der Waals surface area (Å²) in [5.74, 6) is 0.668. The van der Waals surface area contributed by atoms with Gasteiger partial charge in [0.2, 0.25) is 0 Å². The number of fused-ring (bicyclic) bond motifs is 1. The van der Waals surface area contributed by atoms with Crippen molar-refractivity contribution < 1.29 is 18.7 Å². The van der Waals surface area contributed by atoms with E-state index in [0.29, 0.717) is 6.61 Å². The Morgan fingerprint density at radius 1 is 1.10 bits per heavy atom. The van der Waals surface area contributed by atoms with Gasteiger partial charge >= 0.3 is 6.09 Å². The van der Waals surface area contributed by atoms with Crippen LogP contribution in [-0.4, -0.2) is 71.3 Å². The van der Waals surface area contributed by atoms with E-state index in [2.05, 4.69) is 40.6 Å². The quantitative estimate of drug-likeness (QED) is 0.199. The molecule has 1 aromatic heterocycles. The van der Waals surface area contributed by atoms with Gasteiger partial charge < -0.3 is 19.4 Å². The minimum absolute atomic E-state index is 0.108. The van der Waals surface area contributed by atoms with Crippen LogP contribution in [-0.2, 0) is 11.2 Å². The number of nitrogens with zero attached hydrogens (tertiary/aromatic N) is 2. The molecule has 9 heteroatoms. The first-order chi connectivity index (χ1) is 19.1. The summed E-state index contributed by atoms with van der Waals surface area (Å²) in [6.45, 7) is 14.0. The lowest BCUT2D eigenvalue weighted by molar-refractivity contribution is -0.0155. The zero-order valence-corrected chi connectivity index (χ0v) is 25.2. The lowest BCUT2D eigenvalue weighted by atomic mass is 10.1. The fourth-order valence-corrected chi connectivity index (χ4v) is 5.90. The van der Waals surface area contributed by atoms with Gasteiger partial charge in [-0.05, 0) is 114 Å². The molecule has 1 aliphatic rings. The number of rotatable bonds is 11. The number of hydrogen-bond donors (Lipinski definition) is 2. The van der Waals surface area contributed by atoms with Crippen molar-refractivity contribution >= 4 is 28.9 Å². The predicted molar refractivity (Wildman–Crippen MR) is 160 cm³/mol. The highest BCUT2D eigenvalue weighted by Gasteiger charge is 2.35. The van der Waals surface area contributed by atoms with Crippen molar-refractivity contribution in [3.63, 3.8) is 0 Å². The topological polar surface area (TPSA) is 69.8 Å². The molecule has 0 saturated carbocycles. The van der Waals surface area contributed by atoms with Gasteiger partial charge in [-0.15, -0.1) is 0 Å². The van der Waals surface area contributed by atoms with Gasteiger partial charge in [0.25, 0.3) is 0 Å². The molecule has 3 aromatic rings. The van der Waals surface area contributed by atoms with Gasteiger partial charge in [0.1, 0.15) is 17.2 Å². The minimum Gasteiger partial charge on any atom is -0.494 e. The van der Waals surface area contributed by atoms with E-state index in [1.807, 2.05) is 44.0 Å². The van der Waals surface area contributed by atoms with Crippen LogP contribution in [0.4, 0.5) is 9.18 Å². The van der Waals surface area contributed by atoms with Crippen LogP contribution in [0, 0.1) is 5.82 Å². The molecule has 0 spiro atoms. The Morgan fingerprint density at radius 3 is 2.52 bits per heavy atom. The maximum absolute atomic E-state index is 13.6. The first-order valence-electron chi connectivity index (χ1n) is 14.2. The number of halogens is 1. The molecule has 0 bridgehead atoms. The molecule has 1 saturated heterocycles. The van der Waals surface area contributed by atoms with Gasteiger partial charge in [-0.3, -0.25) is 9.62 Å². The minimum atomic E-state index is -0.485. The molecular formula is C31H43FN4O3S. The Labute approximate surface area is 241 Å². The van der Waals surface area contributed by atoms with Crippen molar-refractivity contribution in [1.29, 1.82) is 0 Å². The summed E-state index contributed by atoms with van der Waals surface area (Å²) in [6.07, 6.45) is 4.53. The third-order valence-electron chi connectivity index (χ3n) is 6.95. The number of carbonyl (C=O) groups is 1. The molecule has 2 heterocycles. The van der Waals surface area contributed by atoms with Crippen LogP contribution in [0.2, 0.25) is 0 Å². The summed E-state index contributed by atoms with van der Waals surface area (Å²) in [6, 6.07) is 13.2. The standard InChI is InChI=1S/C31H43FN4O3S/c1-22-20-35(21-23(2)36(22)30(37)39-31(3,4)5)16-7-17-38-26-10-12-27(13-11-26)40-34-15-6-8-24-19-33-29-14-9-25(32)18-28(24)29/h9-14,18-19,22-23,33-34H,6-8,15-17,20-21H2,1-5H3. The third-order valence-corrected chi connectivity index (χ3v) is 7.81. The summed E-state index contributed by atoms with van der Waals surface area (Å²) in [4.78, 5) is 21.2. The normalized spacial score (nSPS) is 18.3. The van der Waals surface area contributed by atoms with Crippen molar-refractivity contribution in [3.8, 4) is 5.75 Å². The number of piperazine rings is 1. The van der Waals surface area contributed by atoms with Crippen molar-refractivity contribution in [2.75, 3.05) is 32.8 Å². The van der Waals surface area contributed by atoms with Gasteiger partial charge in [-0.1, -0.05) is 0 Å². The van der Waals surface area contributed by atoms with Crippen molar-refractivity contribution in [2.45, 2.75) is 76.5 Å².